The van der Waals surface area contributed by atoms with Gasteiger partial charge in [0.25, 0.3) is 11.6 Å². The van der Waals surface area contributed by atoms with Crippen LogP contribution in [-0.2, 0) is 6.42 Å². The molecule has 0 aliphatic carbocycles. The van der Waals surface area contributed by atoms with Gasteiger partial charge in [-0.05, 0) is 25.1 Å². The van der Waals surface area contributed by atoms with E-state index in [1.54, 1.807) is 12.3 Å². The van der Waals surface area contributed by atoms with Crippen molar-refractivity contribution >= 4 is 23.2 Å². The molecular weight excluding hydrogens is 296 g/mol. The molecule has 0 saturated carbocycles. The average Bonchev–Trinajstić information content (AvgIpc) is 2.91. The molecule has 0 radical (unpaired) electrons. The number of furan rings is 1. The van der Waals surface area contributed by atoms with Gasteiger partial charge in [0.2, 0.25) is 0 Å². The van der Waals surface area contributed by atoms with E-state index in [9.17, 15) is 14.9 Å². The summed E-state index contributed by atoms with van der Waals surface area (Å²) in [6.07, 6.45) is 2.08. The van der Waals surface area contributed by atoms with Crippen LogP contribution in [0.1, 0.15) is 23.0 Å². The number of rotatable bonds is 5. The van der Waals surface area contributed by atoms with Crippen LogP contribution in [0.25, 0.3) is 0 Å². The third-order valence-electron chi connectivity index (χ3n) is 2.87. The lowest BCUT2D eigenvalue weighted by molar-refractivity contribution is -0.384. The summed E-state index contributed by atoms with van der Waals surface area (Å²) in [7, 11) is 0. The normalized spacial score (nSPS) is 11.9. The second kappa shape index (κ2) is 6.41. The lowest BCUT2D eigenvalue weighted by Crippen LogP contribution is -2.34. The molecule has 0 fully saturated rings. The molecule has 1 heterocycles. The molecule has 1 amide bonds. The highest BCUT2D eigenvalue weighted by Crippen LogP contribution is 2.22. The first kappa shape index (κ1) is 15.1. The molecule has 0 saturated heterocycles. The Morgan fingerprint density at radius 3 is 2.86 bits per heavy atom. The average molecular weight is 309 g/mol. The molecule has 7 heteroatoms. The van der Waals surface area contributed by atoms with Crippen molar-refractivity contribution in [3.63, 3.8) is 0 Å². The maximum Gasteiger partial charge on any atom is 0.270 e. The largest absolute Gasteiger partial charge is 0.469 e. The van der Waals surface area contributed by atoms with Crippen molar-refractivity contribution in [1.82, 2.24) is 5.32 Å². The number of non-ortho nitro benzene ring substituents is 1. The van der Waals surface area contributed by atoms with Gasteiger partial charge in [0, 0.05) is 24.6 Å². The fourth-order valence-electron chi connectivity index (χ4n) is 1.88. The molecule has 1 atom stereocenters. The summed E-state index contributed by atoms with van der Waals surface area (Å²) in [5.41, 5.74) is -0.0969. The molecule has 0 aliphatic heterocycles. The van der Waals surface area contributed by atoms with Gasteiger partial charge in [0.05, 0.1) is 21.8 Å². The third kappa shape index (κ3) is 3.82. The third-order valence-corrected chi connectivity index (χ3v) is 3.20. The highest BCUT2D eigenvalue weighted by atomic mass is 35.5. The number of carbonyl (C=O) groups excluding carboxylic acids is 1. The van der Waals surface area contributed by atoms with Crippen LogP contribution in [0.5, 0.6) is 0 Å². The molecule has 21 heavy (non-hydrogen) atoms. The molecule has 0 aliphatic rings. The first-order chi connectivity index (χ1) is 9.97. The SMILES string of the molecule is CC(Cc1ccco1)NC(=O)c1cc([N+](=O)[O-])ccc1Cl. The number of hydrogen-bond acceptors (Lipinski definition) is 4. The van der Waals surface area contributed by atoms with Crippen LogP contribution >= 0.6 is 11.6 Å². The summed E-state index contributed by atoms with van der Waals surface area (Å²) in [5.74, 6) is 0.288. The number of carbonyl (C=O) groups is 1. The predicted octanol–water partition coefficient (Wildman–Crippen LogP) is 3.20. The number of halogens is 1. The molecule has 6 nitrogen and oxygen atoms in total. The first-order valence-corrected chi connectivity index (χ1v) is 6.62. The number of nitrogens with one attached hydrogen (secondary N) is 1. The fraction of sp³-hybridized carbons (Fsp3) is 0.214. The molecule has 110 valence electrons. The minimum atomic E-state index is -0.570. The van der Waals surface area contributed by atoms with Crippen molar-refractivity contribution in [2.24, 2.45) is 0 Å². The zero-order chi connectivity index (χ0) is 15.4. The number of amides is 1. The first-order valence-electron chi connectivity index (χ1n) is 6.24. The molecule has 1 unspecified atom stereocenters. The Bertz CT molecular complexity index is 655. The van der Waals surface area contributed by atoms with E-state index in [-0.39, 0.29) is 22.3 Å². The fourth-order valence-corrected chi connectivity index (χ4v) is 2.09. The van der Waals surface area contributed by atoms with Gasteiger partial charge in [-0.15, -0.1) is 0 Å². The van der Waals surface area contributed by atoms with Crippen LogP contribution in [0.4, 0.5) is 5.69 Å². The highest BCUT2D eigenvalue weighted by Gasteiger charge is 2.17. The summed E-state index contributed by atoms with van der Waals surface area (Å²) >= 11 is 5.92. The summed E-state index contributed by atoms with van der Waals surface area (Å²) in [5, 5.41) is 13.6. The van der Waals surface area contributed by atoms with Crippen LogP contribution in [0.2, 0.25) is 5.02 Å². The summed E-state index contributed by atoms with van der Waals surface area (Å²) < 4.78 is 5.20. The number of nitrogens with zero attached hydrogens (tertiary/aromatic N) is 1. The quantitative estimate of drug-likeness (QED) is 0.679. The monoisotopic (exact) mass is 308 g/mol. The number of nitro groups is 1. The zero-order valence-corrected chi connectivity index (χ0v) is 12.0. The number of benzene rings is 1. The van der Waals surface area contributed by atoms with Gasteiger partial charge >= 0.3 is 0 Å². The van der Waals surface area contributed by atoms with Gasteiger partial charge < -0.3 is 9.73 Å². The van der Waals surface area contributed by atoms with Crippen molar-refractivity contribution in [3.05, 3.63) is 63.1 Å². The molecule has 1 N–H and O–H groups in total. The van der Waals surface area contributed by atoms with Crippen LogP contribution in [0, 0.1) is 10.1 Å². The maximum absolute atomic E-state index is 12.1. The van der Waals surface area contributed by atoms with Crippen LogP contribution < -0.4 is 5.32 Å². The Morgan fingerprint density at radius 1 is 1.48 bits per heavy atom. The molecule has 1 aromatic heterocycles. The highest BCUT2D eigenvalue weighted by molar-refractivity contribution is 6.33. The van der Waals surface area contributed by atoms with E-state index in [1.807, 2.05) is 13.0 Å². The van der Waals surface area contributed by atoms with E-state index in [1.165, 1.54) is 12.1 Å². The molecule has 2 rings (SSSR count). The summed E-state index contributed by atoms with van der Waals surface area (Å²) in [6, 6.07) is 7.14. The van der Waals surface area contributed by atoms with E-state index in [0.717, 1.165) is 11.8 Å². The lowest BCUT2D eigenvalue weighted by Gasteiger charge is -2.13. The van der Waals surface area contributed by atoms with E-state index >= 15 is 0 Å². The number of hydrogen-bond donors (Lipinski definition) is 1. The van der Waals surface area contributed by atoms with Gasteiger partial charge in [0.15, 0.2) is 0 Å². The van der Waals surface area contributed by atoms with Crippen LogP contribution in [0.15, 0.2) is 41.0 Å². The molecule has 0 bridgehead atoms. The second-order valence-corrected chi connectivity index (χ2v) is 4.99. The topological polar surface area (TPSA) is 85.4 Å². The molecule has 2 aromatic rings. The minimum absolute atomic E-state index is 0.0807. The van der Waals surface area contributed by atoms with Crippen LogP contribution in [0.3, 0.4) is 0 Å². The van der Waals surface area contributed by atoms with Crippen molar-refractivity contribution < 1.29 is 14.1 Å². The van der Waals surface area contributed by atoms with Crippen molar-refractivity contribution in [2.75, 3.05) is 0 Å². The smallest absolute Gasteiger partial charge is 0.270 e. The summed E-state index contributed by atoms with van der Waals surface area (Å²) in [4.78, 5) is 22.3. The Morgan fingerprint density at radius 2 is 2.24 bits per heavy atom. The van der Waals surface area contributed by atoms with Gasteiger partial charge in [0.1, 0.15) is 5.76 Å². The van der Waals surface area contributed by atoms with Gasteiger partial charge in [-0.3, -0.25) is 14.9 Å². The van der Waals surface area contributed by atoms with Crippen molar-refractivity contribution in [1.29, 1.82) is 0 Å². The van der Waals surface area contributed by atoms with Crippen LogP contribution in [-0.4, -0.2) is 16.9 Å². The maximum atomic E-state index is 12.1. The predicted molar refractivity (Wildman–Crippen MR) is 77.4 cm³/mol. The molecular formula is C14H13ClN2O4. The van der Waals surface area contributed by atoms with E-state index in [4.69, 9.17) is 16.0 Å². The van der Waals surface area contributed by atoms with Gasteiger partial charge in [-0.1, -0.05) is 11.6 Å². The van der Waals surface area contributed by atoms with Crippen molar-refractivity contribution in [3.8, 4) is 0 Å². The van der Waals surface area contributed by atoms with E-state index in [2.05, 4.69) is 5.32 Å². The van der Waals surface area contributed by atoms with Gasteiger partial charge in [-0.25, -0.2) is 0 Å². The zero-order valence-electron chi connectivity index (χ0n) is 11.2. The Kier molecular flexibility index (Phi) is 4.59. The summed E-state index contributed by atoms with van der Waals surface area (Å²) in [6.45, 7) is 1.81. The number of nitro benzene ring substituents is 1. The second-order valence-electron chi connectivity index (χ2n) is 4.58. The van der Waals surface area contributed by atoms with Crippen molar-refractivity contribution in [2.45, 2.75) is 19.4 Å². The minimum Gasteiger partial charge on any atom is -0.469 e. The van der Waals surface area contributed by atoms with E-state index in [0.29, 0.717) is 6.42 Å². The Hall–Kier alpha value is -2.34. The lowest BCUT2D eigenvalue weighted by atomic mass is 10.1. The Labute approximate surface area is 125 Å². The standard InChI is InChI=1S/C14H13ClN2O4/c1-9(7-11-3-2-6-21-11)16-14(18)12-8-10(17(19)20)4-5-13(12)15/h2-6,8-9H,7H2,1H3,(H,16,18). The van der Waals surface area contributed by atoms with Gasteiger partial charge in [-0.2, -0.15) is 0 Å². The van der Waals surface area contributed by atoms with E-state index < -0.39 is 10.8 Å². The molecule has 0 spiro atoms. The molecule has 1 aromatic carbocycles. The Balaban J connectivity index is 2.09.